The molecule has 43 heavy (non-hydrogen) atoms. The first-order valence-electron chi connectivity index (χ1n) is 13.9. The van der Waals surface area contributed by atoms with Crippen LogP contribution in [0, 0.1) is 0 Å². The van der Waals surface area contributed by atoms with Gasteiger partial charge in [0.2, 0.25) is 10.0 Å². The van der Waals surface area contributed by atoms with Gasteiger partial charge in [-0.25, -0.2) is 8.42 Å². The molecule has 1 unspecified atom stereocenters. The summed E-state index contributed by atoms with van der Waals surface area (Å²) in [6.07, 6.45) is -2.32. The summed E-state index contributed by atoms with van der Waals surface area (Å²) in [5.74, 6) is -1.09. The highest BCUT2D eigenvalue weighted by Gasteiger charge is 2.34. The maximum Gasteiger partial charge on any atom is 0.416 e. The second kappa shape index (κ2) is 14.4. The third-order valence-electron chi connectivity index (χ3n) is 7.11. The predicted octanol–water partition coefficient (Wildman–Crippen LogP) is 5.16. The van der Waals surface area contributed by atoms with Crippen LogP contribution in [0.2, 0.25) is 0 Å². The molecule has 0 spiro atoms. The smallest absolute Gasteiger partial charge is 0.416 e. The number of aliphatic hydroxyl groups excluding tert-OH is 1. The number of hydrogen-bond acceptors (Lipinski definition) is 6. The van der Waals surface area contributed by atoms with Crippen molar-refractivity contribution in [2.45, 2.75) is 68.7 Å². The third kappa shape index (κ3) is 10.1. The zero-order chi connectivity index (χ0) is 31.8. The number of hydrogen-bond donors (Lipinski definition) is 3. The number of carboxylic acids is 1. The van der Waals surface area contributed by atoms with Crippen LogP contribution >= 0.6 is 0 Å². The van der Waals surface area contributed by atoms with Crippen LogP contribution in [0.25, 0.3) is 11.3 Å². The maximum atomic E-state index is 13.9. The molecule has 0 radical (unpaired) electrons. The van der Waals surface area contributed by atoms with Gasteiger partial charge in [-0.3, -0.25) is 9.78 Å². The van der Waals surface area contributed by atoms with Crippen molar-refractivity contribution in [2.24, 2.45) is 0 Å². The molecule has 234 valence electrons. The van der Waals surface area contributed by atoms with Gasteiger partial charge in [-0.1, -0.05) is 36.4 Å². The van der Waals surface area contributed by atoms with E-state index in [4.69, 9.17) is 5.11 Å². The molecule has 0 bridgehead atoms. The minimum atomic E-state index is -4.86. The molecule has 3 rings (SSSR count). The first-order valence-corrected chi connectivity index (χ1v) is 15.3. The minimum Gasteiger partial charge on any atom is -0.481 e. The quantitative estimate of drug-likeness (QED) is 0.215. The molecule has 1 heterocycles. The number of aliphatic carboxylic acids is 1. The Bertz CT molecular complexity index is 1480. The normalized spacial score (nSPS) is 13.3. The first kappa shape index (κ1) is 34.2. The van der Waals surface area contributed by atoms with Gasteiger partial charge in [-0.2, -0.15) is 17.5 Å². The van der Waals surface area contributed by atoms with Gasteiger partial charge in [0.05, 0.1) is 22.3 Å². The number of aliphatic hydroxyl groups is 1. The van der Waals surface area contributed by atoms with Gasteiger partial charge in [0.25, 0.3) is 0 Å². The molecule has 3 N–H and O–H groups in total. The number of likely N-dealkylation sites (N-methyl/N-ethyl adjacent to an activating group) is 1. The van der Waals surface area contributed by atoms with Gasteiger partial charge in [-0.15, -0.1) is 0 Å². The van der Waals surface area contributed by atoms with E-state index in [1.165, 1.54) is 24.9 Å². The van der Waals surface area contributed by atoms with Crippen LogP contribution in [-0.4, -0.2) is 65.7 Å². The summed E-state index contributed by atoms with van der Waals surface area (Å²) < 4.78 is 69.3. The molecule has 0 saturated carbocycles. The Balaban J connectivity index is 1.74. The van der Waals surface area contributed by atoms with Gasteiger partial charge >= 0.3 is 12.1 Å². The summed E-state index contributed by atoms with van der Waals surface area (Å²) in [7, 11) is -3.26. The van der Waals surface area contributed by atoms with Crippen LogP contribution in [-0.2, 0) is 33.8 Å². The van der Waals surface area contributed by atoms with Crippen molar-refractivity contribution >= 4 is 16.0 Å². The lowest BCUT2D eigenvalue weighted by Crippen LogP contribution is -2.46. The molecule has 1 aromatic heterocycles. The number of pyridine rings is 1. The molecular weight excluding hydrogens is 583 g/mol. The Morgan fingerprint density at radius 1 is 1.05 bits per heavy atom. The lowest BCUT2D eigenvalue weighted by atomic mass is 9.95. The minimum absolute atomic E-state index is 0.00145. The average Bonchev–Trinajstić information content (AvgIpc) is 2.95. The molecule has 0 saturated heterocycles. The number of carboxylic acid groups (broad SMARTS) is 1. The SMILES string of the molecule is CN(CC(O)CNC(C)(C)CCCc1ccccc1)S(=O)(=O)c1cc(-c2ncccc2CCC(=O)O)cc(C(F)(F)F)c1. The second-order valence-electron chi connectivity index (χ2n) is 11.2. The fourth-order valence-electron chi connectivity index (χ4n) is 4.69. The number of nitrogens with zero attached hydrogens (tertiary/aromatic N) is 2. The summed E-state index contributed by atoms with van der Waals surface area (Å²) >= 11 is 0. The van der Waals surface area contributed by atoms with Crippen molar-refractivity contribution in [1.82, 2.24) is 14.6 Å². The van der Waals surface area contributed by atoms with Crippen LogP contribution in [0.4, 0.5) is 13.2 Å². The zero-order valence-electron chi connectivity index (χ0n) is 24.4. The Kier molecular flexibility index (Phi) is 11.5. The molecule has 1 atom stereocenters. The summed E-state index contributed by atoms with van der Waals surface area (Å²) in [5, 5.41) is 23.0. The monoisotopic (exact) mass is 621 g/mol. The molecule has 12 heteroatoms. The topological polar surface area (TPSA) is 120 Å². The standard InChI is InChI=1S/C31H38F3N3O5S/c1-30(2,15-7-11-22-9-5-4-6-10-22)36-20-26(38)21-37(3)43(41,42)27-18-24(17-25(19-27)31(32,33)34)29-23(12-8-16-35-29)13-14-28(39)40/h4-6,8-10,12,16-19,26,36,38H,7,11,13-15,20-21H2,1-3H3,(H,39,40). The average molecular weight is 622 g/mol. The van der Waals surface area contributed by atoms with Gasteiger partial charge in [0.15, 0.2) is 0 Å². The molecule has 0 aliphatic heterocycles. The maximum absolute atomic E-state index is 13.9. The molecular formula is C31H38F3N3O5S. The van der Waals surface area contributed by atoms with Crippen molar-refractivity contribution in [1.29, 1.82) is 0 Å². The largest absolute Gasteiger partial charge is 0.481 e. The first-order chi connectivity index (χ1) is 20.1. The number of halogens is 3. The Morgan fingerprint density at radius 3 is 2.40 bits per heavy atom. The lowest BCUT2D eigenvalue weighted by Gasteiger charge is -2.29. The van der Waals surface area contributed by atoms with Gasteiger partial charge < -0.3 is 15.5 Å². The summed E-state index contributed by atoms with van der Waals surface area (Å²) in [6, 6.07) is 15.5. The molecule has 0 aliphatic carbocycles. The summed E-state index contributed by atoms with van der Waals surface area (Å²) in [6.45, 7) is 3.69. The van der Waals surface area contributed by atoms with E-state index in [-0.39, 0.29) is 42.7 Å². The molecule has 3 aromatic rings. The highest BCUT2D eigenvalue weighted by atomic mass is 32.2. The molecule has 0 aliphatic rings. The number of aryl methyl sites for hydroxylation is 2. The molecule has 0 amide bonds. The van der Waals surface area contributed by atoms with E-state index < -0.39 is 38.7 Å². The third-order valence-corrected chi connectivity index (χ3v) is 8.91. The Labute approximate surface area is 250 Å². The van der Waals surface area contributed by atoms with Gasteiger partial charge in [-0.05, 0) is 74.9 Å². The summed E-state index contributed by atoms with van der Waals surface area (Å²) in [4.78, 5) is 14.6. The number of sulfonamides is 1. The number of β-amino-alcohol motifs (C(OH)–C–C–N with tert-alkyl or cyclic N) is 1. The molecule has 8 nitrogen and oxygen atoms in total. The zero-order valence-corrected chi connectivity index (χ0v) is 25.3. The predicted molar refractivity (Wildman–Crippen MR) is 158 cm³/mol. The van der Waals surface area contributed by atoms with E-state index in [1.807, 2.05) is 32.0 Å². The number of alkyl halides is 3. The number of benzene rings is 2. The fraction of sp³-hybridized carbons (Fsp3) is 0.419. The van der Waals surface area contributed by atoms with Crippen molar-refractivity contribution in [3.8, 4) is 11.3 Å². The number of aromatic nitrogens is 1. The number of carbonyl (C=O) groups is 1. The van der Waals surface area contributed by atoms with Gasteiger partial charge in [0, 0.05) is 43.9 Å². The van der Waals surface area contributed by atoms with Crippen molar-refractivity contribution < 1.29 is 36.6 Å². The number of nitrogens with one attached hydrogen (secondary N) is 1. The summed E-state index contributed by atoms with van der Waals surface area (Å²) in [5.41, 5.74) is 0.0157. The van der Waals surface area contributed by atoms with E-state index in [9.17, 15) is 31.5 Å². The van der Waals surface area contributed by atoms with E-state index in [2.05, 4.69) is 22.4 Å². The second-order valence-corrected chi connectivity index (χ2v) is 13.2. The van der Waals surface area contributed by atoms with Crippen LogP contribution in [0.3, 0.4) is 0 Å². The van der Waals surface area contributed by atoms with Crippen LogP contribution < -0.4 is 5.32 Å². The fourth-order valence-corrected chi connectivity index (χ4v) is 5.97. The Morgan fingerprint density at radius 2 is 1.74 bits per heavy atom. The van der Waals surface area contributed by atoms with Crippen LogP contribution in [0.15, 0.2) is 71.8 Å². The van der Waals surface area contributed by atoms with Crippen LogP contribution in [0.1, 0.15) is 49.8 Å². The van der Waals surface area contributed by atoms with E-state index in [0.29, 0.717) is 11.6 Å². The van der Waals surface area contributed by atoms with E-state index in [1.54, 1.807) is 6.07 Å². The van der Waals surface area contributed by atoms with E-state index >= 15 is 0 Å². The molecule has 2 aromatic carbocycles. The lowest BCUT2D eigenvalue weighted by molar-refractivity contribution is -0.138. The van der Waals surface area contributed by atoms with Crippen molar-refractivity contribution in [2.75, 3.05) is 20.1 Å². The highest BCUT2D eigenvalue weighted by Crippen LogP contribution is 2.35. The molecule has 0 fully saturated rings. The van der Waals surface area contributed by atoms with Gasteiger partial charge in [0.1, 0.15) is 0 Å². The highest BCUT2D eigenvalue weighted by molar-refractivity contribution is 7.89. The number of rotatable bonds is 15. The Hall–Kier alpha value is -3.32. The van der Waals surface area contributed by atoms with Crippen LogP contribution in [0.5, 0.6) is 0 Å². The van der Waals surface area contributed by atoms with E-state index in [0.717, 1.165) is 35.7 Å². The van der Waals surface area contributed by atoms with Crippen molar-refractivity contribution in [3.05, 3.63) is 83.6 Å². The van der Waals surface area contributed by atoms with Crippen molar-refractivity contribution in [3.63, 3.8) is 0 Å².